The molecule has 3 aliphatic rings. The fourth-order valence-electron chi connectivity index (χ4n) is 12.7. The van der Waals surface area contributed by atoms with Crippen LogP contribution in [0.5, 0.6) is 0 Å². The zero-order valence-corrected chi connectivity index (χ0v) is 36.4. The largest absolute Gasteiger partial charge is 0.278 e. The SMILES string of the molecule is c1ccc(-c2ccc(-c3nc(-n4c5ccccc5c5cc6c(cc54)C4(c5ccccc5-c5ccccc54)c4ccccc4C64c5ccccc5-c5ccccc54)nc4ccccc34)cc2)cc1. The van der Waals surface area contributed by atoms with Crippen LogP contribution >= 0.6 is 0 Å². The van der Waals surface area contributed by atoms with Gasteiger partial charge < -0.3 is 0 Å². The lowest BCUT2D eigenvalue weighted by Crippen LogP contribution is -2.43. The minimum Gasteiger partial charge on any atom is -0.278 e. The van der Waals surface area contributed by atoms with E-state index in [-0.39, 0.29) is 0 Å². The van der Waals surface area contributed by atoms with Crippen LogP contribution in [0.4, 0.5) is 0 Å². The molecule has 2 aromatic heterocycles. The quantitative estimate of drug-likeness (QED) is 0.177. The zero-order valence-electron chi connectivity index (χ0n) is 36.4. The van der Waals surface area contributed by atoms with Gasteiger partial charge in [0.1, 0.15) is 0 Å². The van der Waals surface area contributed by atoms with E-state index in [9.17, 15) is 0 Å². The molecule has 0 fully saturated rings. The molecule has 0 saturated carbocycles. The topological polar surface area (TPSA) is 30.7 Å². The van der Waals surface area contributed by atoms with Gasteiger partial charge in [-0.1, -0.05) is 212 Å². The molecule has 0 N–H and O–H groups in total. The van der Waals surface area contributed by atoms with Gasteiger partial charge in [-0.05, 0) is 102 Å². The van der Waals surface area contributed by atoms with Gasteiger partial charge in [-0.2, -0.15) is 0 Å². The first kappa shape index (κ1) is 36.7. The average molecular weight is 850 g/mol. The summed E-state index contributed by atoms with van der Waals surface area (Å²) in [6, 6.07) is 87.6. The lowest BCUT2D eigenvalue weighted by Gasteiger charge is -2.49. The summed E-state index contributed by atoms with van der Waals surface area (Å²) in [6.07, 6.45) is 0. The smallest absolute Gasteiger partial charge is 0.235 e. The maximum absolute atomic E-state index is 5.61. The normalized spacial score (nSPS) is 14.2. The minimum atomic E-state index is -0.623. The molecular formula is C64H39N3. The first-order chi connectivity index (χ1) is 33.2. The highest BCUT2D eigenvalue weighted by molar-refractivity contribution is 6.11. The van der Waals surface area contributed by atoms with Crippen LogP contribution in [0.15, 0.2) is 237 Å². The molecule has 0 unspecified atom stereocenters. The molecular weight excluding hydrogens is 811 g/mol. The molecule has 0 atom stereocenters. The van der Waals surface area contributed by atoms with E-state index in [0.29, 0.717) is 5.95 Å². The lowest BCUT2D eigenvalue weighted by molar-refractivity contribution is 0.634. The Morgan fingerprint density at radius 1 is 0.284 bits per heavy atom. The number of rotatable bonds is 3. The minimum absolute atomic E-state index is 0.591. The number of hydrogen-bond acceptors (Lipinski definition) is 2. The summed E-state index contributed by atoms with van der Waals surface area (Å²) in [5.41, 5.74) is 21.8. The molecule has 12 aromatic rings. The summed E-state index contributed by atoms with van der Waals surface area (Å²) in [7, 11) is 0. The Hall–Kier alpha value is -8.66. The molecule has 0 bridgehead atoms. The fraction of sp³-hybridized carbons (Fsp3) is 0.0312. The number of nitrogens with zero attached hydrogens (tertiary/aromatic N) is 3. The molecule has 3 heteroatoms. The number of para-hydroxylation sites is 2. The molecule has 3 aliphatic carbocycles. The molecule has 3 nitrogen and oxygen atoms in total. The van der Waals surface area contributed by atoms with E-state index < -0.39 is 10.8 Å². The van der Waals surface area contributed by atoms with Crippen molar-refractivity contribution in [2.75, 3.05) is 0 Å². The Kier molecular flexibility index (Phi) is 7.36. The Bertz CT molecular complexity index is 3950. The maximum Gasteiger partial charge on any atom is 0.235 e. The molecule has 0 radical (unpaired) electrons. The average Bonchev–Trinajstić information content (AvgIpc) is 4.00. The van der Waals surface area contributed by atoms with Gasteiger partial charge in [-0.3, -0.25) is 4.57 Å². The molecule has 0 saturated heterocycles. The highest BCUT2D eigenvalue weighted by Gasteiger charge is 2.59. The molecule has 310 valence electrons. The van der Waals surface area contributed by atoms with Crippen molar-refractivity contribution in [3.8, 4) is 50.6 Å². The number of hydrogen-bond donors (Lipinski definition) is 0. The third kappa shape index (κ3) is 4.65. The Morgan fingerprint density at radius 3 is 1.30 bits per heavy atom. The maximum atomic E-state index is 5.61. The van der Waals surface area contributed by atoms with Gasteiger partial charge >= 0.3 is 0 Å². The Labute approximate surface area is 388 Å². The van der Waals surface area contributed by atoms with Crippen molar-refractivity contribution in [1.82, 2.24) is 14.5 Å². The molecule has 10 aromatic carbocycles. The molecule has 0 aliphatic heterocycles. The molecule has 15 rings (SSSR count). The van der Waals surface area contributed by atoms with Crippen molar-refractivity contribution in [3.63, 3.8) is 0 Å². The summed E-state index contributed by atoms with van der Waals surface area (Å²) < 4.78 is 2.34. The molecule has 2 heterocycles. The summed E-state index contributed by atoms with van der Waals surface area (Å²) in [6.45, 7) is 0. The van der Waals surface area contributed by atoms with Crippen LogP contribution in [0.2, 0.25) is 0 Å². The van der Waals surface area contributed by atoms with E-state index in [1.165, 1.54) is 88.7 Å². The second kappa shape index (κ2) is 13.4. The predicted molar refractivity (Wildman–Crippen MR) is 273 cm³/mol. The van der Waals surface area contributed by atoms with E-state index in [2.05, 4.69) is 241 Å². The summed E-state index contributed by atoms with van der Waals surface area (Å²) >= 11 is 0. The monoisotopic (exact) mass is 849 g/mol. The van der Waals surface area contributed by atoms with Crippen LogP contribution < -0.4 is 0 Å². The lowest BCUT2D eigenvalue weighted by atomic mass is 9.52. The zero-order chi connectivity index (χ0) is 43.8. The third-order valence-electron chi connectivity index (χ3n) is 15.3. The van der Waals surface area contributed by atoms with Crippen LogP contribution in [0.1, 0.15) is 44.5 Å². The van der Waals surface area contributed by atoms with Crippen LogP contribution in [0.3, 0.4) is 0 Å². The highest BCUT2D eigenvalue weighted by atomic mass is 15.2. The van der Waals surface area contributed by atoms with Crippen LogP contribution in [-0.2, 0) is 10.8 Å². The van der Waals surface area contributed by atoms with E-state index in [4.69, 9.17) is 9.97 Å². The van der Waals surface area contributed by atoms with Crippen molar-refractivity contribution in [2.24, 2.45) is 0 Å². The third-order valence-corrected chi connectivity index (χ3v) is 15.3. The Morgan fingerprint density at radius 2 is 0.716 bits per heavy atom. The summed E-state index contributed by atoms with van der Waals surface area (Å²) in [5.74, 6) is 0.649. The van der Waals surface area contributed by atoms with Crippen LogP contribution in [0, 0.1) is 0 Å². The van der Waals surface area contributed by atoms with Crippen molar-refractivity contribution in [2.45, 2.75) is 10.8 Å². The second-order valence-corrected chi connectivity index (χ2v) is 18.3. The van der Waals surface area contributed by atoms with E-state index >= 15 is 0 Å². The fourth-order valence-corrected chi connectivity index (χ4v) is 12.7. The van der Waals surface area contributed by atoms with E-state index in [0.717, 1.165) is 33.2 Å². The van der Waals surface area contributed by atoms with Gasteiger partial charge in [0.2, 0.25) is 5.95 Å². The number of aromatic nitrogens is 3. The first-order valence-electron chi connectivity index (χ1n) is 23.2. The van der Waals surface area contributed by atoms with Crippen molar-refractivity contribution < 1.29 is 0 Å². The van der Waals surface area contributed by atoms with Gasteiger partial charge in [0.05, 0.1) is 33.1 Å². The number of fused-ring (bicyclic) bond motifs is 20. The molecule has 67 heavy (non-hydrogen) atoms. The Balaban J connectivity index is 1.09. The number of benzene rings is 10. The van der Waals surface area contributed by atoms with Gasteiger partial charge in [0.15, 0.2) is 0 Å². The predicted octanol–water partition coefficient (Wildman–Crippen LogP) is 15.1. The van der Waals surface area contributed by atoms with E-state index in [1.807, 2.05) is 0 Å². The molecule has 2 spiro atoms. The van der Waals surface area contributed by atoms with Gasteiger partial charge in [-0.15, -0.1) is 0 Å². The van der Waals surface area contributed by atoms with Crippen molar-refractivity contribution in [1.29, 1.82) is 0 Å². The molecule has 0 amide bonds. The highest BCUT2D eigenvalue weighted by Crippen LogP contribution is 2.68. The van der Waals surface area contributed by atoms with Gasteiger partial charge in [0.25, 0.3) is 0 Å². The van der Waals surface area contributed by atoms with Crippen LogP contribution in [-0.4, -0.2) is 14.5 Å². The standard InChI is InChI=1S/C64H39N3/c1-2-18-40(19-3-1)41-34-36-42(37-35-41)61-48-25-8-16-32-58(48)65-62(66-61)67-59-33-17-9-24-47(59)49-38-56-57(39-60(49)67)64(52-28-12-6-22-45(52)46-23-7-13-29-53(46)64)55-31-15-14-30-54(55)63(56)50-26-10-4-20-43(50)44-21-5-11-27-51(44)63/h1-39H. The van der Waals surface area contributed by atoms with Crippen LogP contribution in [0.25, 0.3) is 83.3 Å². The first-order valence-corrected chi connectivity index (χ1v) is 23.2. The second-order valence-electron chi connectivity index (χ2n) is 18.3. The summed E-state index contributed by atoms with van der Waals surface area (Å²) in [5, 5.41) is 3.36. The summed E-state index contributed by atoms with van der Waals surface area (Å²) in [4.78, 5) is 11.1. The van der Waals surface area contributed by atoms with Crippen molar-refractivity contribution in [3.05, 3.63) is 281 Å². The van der Waals surface area contributed by atoms with E-state index in [1.54, 1.807) is 0 Å². The van der Waals surface area contributed by atoms with Gasteiger partial charge in [-0.25, -0.2) is 9.97 Å². The van der Waals surface area contributed by atoms with Gasteiger partial charge in [0, 0.05) is 21.7 Å². The van der Waals surface area contributed by atoms with Crippen molar-refractivity contribution >= 4 is 32.7 Å².